The number of carbonyl (C=O) groups excluding carboxylic acids is 1. The highest BCUT2D eigenvalue weighted by Gasteiger charge is 2.17. The number of hydrogen-bond acceptors (Lipinski definition) is 4. The van der Waals surface area contributed by atoms with Gasteiger partial charge in [-0.3, -0.25) is 4.79 Å². The third-order valence-electron chi connectivity index (χ3n) is 2.80. The van der Waals surface area contributed by atoms with Crippen molar-refractivity contribution in [3.05, 3.63) is 51.3 Å². The first kappa shape index (κ1) is 15.0. The van der Waals surface area contributed by atoms with E-state index in [0.717, 1.165) is 6.42 Å². The predicted molar refractivity (Wildman–Crippen MR) is 76.4 cm³/mol. The summed E-state index contributed by atoms with van der Waals surface area (Å²) in [5.41, 5.74) is 0.555. The second-order valence-electron chi connectivity index (χ2n) is 4.31. The smallest absolute Gasteiger partial charge is 0.216 e. The number of benzene rings is 1. The monoisotopic (exact) mass is 313 g/mol. The van der Waals surface area contributed by atoms with E-state index in [2.05, 4.69) is 5.16 Å². The van der Waals surface area contributed by atoms with E-state index in [1.165, 1.54) is 6.07 Å². The fourth-order valence-electron chi connectivity index (χ4n) is 1.76. The molecule has 4 nitrogen and oxygen atoms in total. The van der Waals surface area contributed by atoms with E-state index >= 15 is 0 Å². The van der Waals surface area contributed by atoms with Gasteiger partial charge < -0.3 is 9.63 Å². The molecule has 1 aromatic carbocycles. The lowest BCUT2D eigenvalue weighted by atomic mass is 10.1. The molecule has 0 atom stereocenters. The number of ketones is 1. The van der Waals surface area contributed by atoms with Crippen LogP contribution < -0.4 is 0 Å². The first-order chi connectivity index (χ1) is 9.61. The molecule has 1 heterocycles. The summed E-state index contributed by atoms with van der Waals surface area (Å²) in [7, 11) is 0. The summed E-state index contributed by atoms with van der Waals surface area (Å²) in [5, 5.41) is 13.2. The number of aliphatic hydroxyl groups is 1. The van der Waals surface area contributed by atoms with Crippen LogP contribution in [0.15, 0.2) is 28.8 Å². The van der Waals surface area contributed by atoms with Crippen LogP contribution in [0.4, 0.5) is 0 Å². The number of nitrogens with zero attached hydrogens (tertiary/aromatic N) is 1. The topological polar surface area (TPSA) is 63.3 Å². The van der Waals surface area contributed by atoms with Crippen LogP contribution in [0.5, 0.6) is 0 Å². The summed E-state index contributed by atoms with van der Waals surface area (Å²) in [4.78, 5) is 12.2. The van der Waals surface area contributed by atoms with Gasteiger partial charge in [-0.15, -0.1) is 0 Å². The van der Waals surface area contributed by atoms with Gasteiger partial charge in [-0.25, -0.2) is 0 Å². The van der Waals surface area contributed by atoms with Crippen molar-refractivity contribution in [1.82, 2.24) is 5.16 Å². The Morgan fingerprint density at radius 2 is 2.05 bits per heavy atom. The van der Waals surface area contributed by atoms with Gasteiger partial charge in [0.1, 0.15) is 5.76 Å². The molecule has 0 fully saturated rings. The van der Waals surface area contributed by atoms with Crippen molar-refractivity contribution >= 4 is 29.0 Å². The third kappa shape index (κ3) is 3.60. The molecule has 0 saturated heterocycles. The molecular weight excluding hydrogens is 301 g/mol. The third-order valence-corrected chi connectivity index (χ3v) is 3.35. The zero-order valence-corrected chi connectivity index (χ0v) is 12.1. The van der Waals surface area contributed by atoms with E-state index in [1.807, 2.05) is 0 Å². The molecule has 1 N–H and O–H groups in total. The molecule has 0 bridgehead atoms. The van der Waals surface area contributed by atoms with Gasteiger partial charge in [-0.05, 0) is 31.0 Å². The summed E-state index contributed by atoms with van der Waals surface area (Å²) in [6, 6.07) is 6.28. The van der Waals surface area contributed by atoms with Crippen LogP contribution in [0, 0.1) is 0 Å². The summed E-state index contributed by atoms with van der Waals surface area (Å²) in [5.74, 6) is 0.315. The number of unbranched alkanes of at least 4 members (excludes halogenated alkanes) is 1. The van der Waals surface area contributed by atoms with Crippen molar-refractivity contribution in [1.29, 1.82) is 0 Å². The van der Waals surface area contributed by atoms with Gasteiger partial charge >= 0.3 is 0 Å². The van der Waals surface area contributed by atoms with Crippen LogP contribution >= 0.6 is 23.2 Å². The Balaban J connectivity index is 2.13. The summed E-state index contributed by atoms with van der Waals surface area (Å²) in [6.45, 7) is 0.139. The van der Waals surface area contributed by atoms with E-state index < -0.39 is 0 Å². The van der Waals surface area contributed by atoms with Crippen LogP contribution in [-0.4, -0.2) is 22.7 Å². The maximum absolute atomic E-state index is 12.2. The Hall–Kier alpha value is -1.36. The second kappa shape index (κ2) is 6.88. The molecule has 0 spiro atoms. The van der Waals surface area contributed by atoms with Crippen molar-refractivity contribution in [2.24, 2.45) is 0 Å². The Morgan fingerprint density at radius 3 is 2.75 bits per heavy atom. The number of halogens is 2. The van der Waals surface area contributed by atoms with Gasteiger partial charge in [-0.1, -0.05) is 28.4 Å². The standard InChI is InChI=1S/C14H13Cl2NO3/c15-9-4-5-11(12(16)7-9)14(19)13-8-10(20-17-13)3-1-2-6-18/h4-5,7-8,18H,1-3,6H2. The van der Waals surface area contributed by atoms with E-state index in [0.29, 0.717) is 29.2 Å². The van der Waals surface area contributed by atoms with Crippen molar-refractivity contribution in [2.75, 3.05) is 6.61 Å². The van der Waals surface area contributed by atoms with Gasteiger partial charge in [0.2, 0.25) is 5.78 Å². The van der Waals surface area contributed by atoms with Gasteiger partial charge in [0, 0.05) is 29.7 Å². The Labute approximate surface area is 126 Å². The average Bonchev–Trinajstić information content (AvgIpc) is 2.87. The molecule has 0 amide bonds. The maximum atomic E-state index is 12.2. The molecule has 106 valence electrons. The van der Waals surface area contributed by atoms with Crippen molar-refractivity contribution < 1.29 is 14.4 Å². The van der Waals surface area contributed by atoms with Crippen molar-refractivity contribution in [3.63, 3.8) is 0 Å². The SMILES string of the molecule is O=C(c1cc(CCCCO)on1)c1ccc(Cl)cc1Cl. The lowest BCUT2D eigenvalue weighted by molar-refractivity contribution is 0.103. The molecule has 0 saturated carbocycles. The molecule has 20 heavy (non-hydrogen) atoms. The highest BCUT2D eigenvalue weighted by molar-refractivity contribution is 6.37. The molecule has 6 heteroatoms. The minimum Gasteiger partial charge on any atom is -0.396 e. The van der Waals surface area contributed by atoms with E-state index in [4.69, 9.17) is 32.8 Å². The summed E-state index contributed by atoms with van der Waals surface area (Å²) < 4.78 is 5.10. The van der Waals surface area contributed by atoms with E-state index in [-0.39, 0.29) is 23.1 Å². The van der Waals surface area contributed by atoms with E-state index in [9.17, 15) is 4.79 Å². The number of rotatable bonds is 6. The average molecular weight is 314 g/mol. The largest absolute Gasteiger partial charge is 0.396 e. The molecule has 2 rings (SSSR count). The van der Waals surface area contributed by atoms with E-state index in [1.54, 1.807) is 18.2 Å². The molecule has 0 radical (unpaired) electrons. The lowest BCUT2D eigenvalue weighted by Crippen LogP contribution is -2.02. The zero-order valence-electron chi connectivity index (χ0n) is 10.6. The minimum absolute atomic E-state index is 0.139. The number of aromatic nitrogens is 1. The molecule has 1 aromatic heterocycles. The molecular formula is C14H13Cl2NO3. The number of carbonyl (C=O) groups is 1. The zero-order chi connectivity index (χ0) is 14.5. The second-order valence-corrected chi connectivity index (χ2v) is 5.16. The molecule has 0 unspecified atom stereocenters. The highest BCUT2D eigenvalue weighted by atomic mass is 35.5. The summed E-state index contributed by atoms with van der Waals surface area (Å²) >= 11 is 11.8. The molecule has 0 aliphatic carbocycles. The van der Waals surface area contributed by atoms with Crippen molar-refractivity contribution in [2.45, 2.75) is 19.3 Å². The van der Waals surface area contributed by atoms with Crippen molar-refractivity contribution in [3.8, 4) is 0 Å². The maximum Gasteiger partial charge on any atom is 0.216 e. The Kier molecular flexibility index (Phi) is 5.17. The van der Waals surface area contributed by atoms with Gasteiger partial charge in [0.05, 0.1) is 5.02 Å². The predicted octanol–water partition coefficient (Wildman–Crippen LogP) is 3.53. The molecule has 0 aliphatic rings. The lowest BCUT2D eigenvalue weighted by Gasteiger charge is -2.00. The van der Waals surface area contributed by atoms with Gasteiger partial charge in [0.15, 0.2) is 5.69 Å². The number of hydrogen-bond donors (Lipinski definition) is 1. The fraction of sp³-hybridized carbons (Fsp3) is 0.286. The van der Waals surface area contributed by atoms with Crippen LogP contribution in [0.1, 0.15) is 34.7 Å². The quantitative estimate of drug-likeness (QED) is 0.654. The van der Waals surface area contributed by atoms with Crippen LogP contribution in [0.3, 0.4) is 0 Å². The molecule has 2 aromatic rings. The minimum atomic E-state index is -0.302. The van der Waals surface area contributed by atoms with Crippen LogP contribution in [-0.2, 0) is 6.42 Å². The van der Waals surface area contributed by atoms with Gasteiger partial charge in [-0.2, -0.15) is 0 Å². The number of aryl methyl sites for hydroxylation is 1. The molecule has 0 aliphatic heterocycles. The van der Waals surface area contributed by atoms with Gasteiger partial charge in [0.25, 0.3) is 0 Å². The van der Waals surface area contributed by atoms with Crippen LogP contribution in [0.25, 0.3) is 0 Å². The highest BCUT2D eigenvalue weighted by Crippen LogP contribution is 2.23. The fourth-order valence-corrected chi connectivity index (χ4v) is 2.25. The number of aliphatic hydroxyl groups excluding tert-OH is 1. The first-order valence-corrected chi connectivity index (χ1v) is 6.93. The first-order valence-electron chi connectivity index (χ1n) is 6.18. The Bertz CT molecular complexity index is 610. The van der Waals surface area contributed by atoms with Crippen LogP contribution in [0.2, 0.25) is 10.0 Å². The normalized spacial score (nSPS) is 10.8. The Morgan fingerprint density at radius 1 is 1.25 bits per heavy atom. The summed E-state index contributed by atoms with van der Waals surface area (Å²) in [6.07, 6.45) is 2.10.